The van der Waals surface area contributed by atoms with Crippen molar-refractivity contribution < 1.29 is 17.6 Å². The maximum atomic E-state index is 14.2. The van der Waals surface area contributed by atoms with Gasteiger partial charge in [0, 0.05) is 22.5 Å². The first-order valence-electron chi connectivity index (χ1n) is 6.60. The molecule has 0 amide bonds. The van der Waals surface area contributed by atoms with Crippen molar-refractivity contribution in [3.8, 4) is 5.69 Å². The number of nitrogens with zero attached hydrogens (tertiary/aromatic N) is 2. The van der Waals surface area contributed by atoms with E-state index in [1.165, 1.54) is 17.8 Å². The molecule has 1 heterocycles. The molecule has 0 aliphatic carbocycles. The number of rotatable bonds is 3. The van der Waals surface area contributed by atoms with E-state index in [2.05, 4.69) is 15.9 Å². The van der Waals surface area contributed by atoms with Gasteiger partial charge in [0.05, 0.1) is 5.69 Å². The van der Waals surface area contributed by atoms with E-state index in [9.17, 15) is 27.2 Å². The van der Waals surface area contributed by atoms with Gasteiger partial charge >= 0.3 is 11.9 Å². The van der Waals surface area contributed by atoms with Crippen molar-refractivity contribution in [3.63, 3.8) is 0 Å². The first-order chi connectivity index (χ1) is 11.1. The topological polar surface area (TPSA) is 44.0 Å². The third-order valence-electron chi connectivity index (χ3n) is 3.15. The molecule has 2 aromatic rings. The van der Waals surface area contributed by atoms with Gasteiger partial charge in [-0.3, -0.25) is 9.36 Å². The van der Waals surface area contributed by atoms with E-state index >= 15 is 0 Å². The number of aromatic nitrogens is 2. The van der Waals surface area contributed by atoms with E-state index in [1.807, 2.05) is 6.92 Å². The number of thioether (sulfide) groups is 1. The van der Waals surface area contributed by atoms with Crippen molar-refractivity contribution in [2.75, 3.05) is 5.75 Å². The zero-order valence-corrected chi connectivity index (χ0v) is 14.9. The van der Waals surface area contributed by atoms with Crippen molar-refractivity contribution in [2.45, 2.75) is 18.0 Å². The van der Waals surface area contributed by atoms with Crippen molar-refractivity contribution in [1.82, 2.24) is 9.13 Å². The maximum Gasteiger partial charge on any atom is 0.431 e. The van der Waals surface area contributed by atoms with Crippen LogP contribution in [0.15, 0.2) is 37.2 Å². The summed E-state index contributed by atoms with van der Waals surface area (Å²) in [7, 11) is 0.875. The van der Waals surface area contributed by atoms with Crippen LogP contribution in [-0.2, 0) is 13.2 Å². The van der Waals surface area contributed by atoms with Crippen LogP contribution in [-0.4, -0.2) is 14.9 Å². The van der Waals surface area contributed by atoms with Crippen LogP contribution in [0.3, 0.4) is 0 Å². The Labute approximate surface area is 146 Å². The molecule has 1 aromatic heterocycles. The lowest BCUT2D eigenvalue weighted by molar-refractivity contribution is -0.144. The SMILES string of the molecule is CCSc1cc(-n2c(=O)cc(C(F)(F)F)n(C)c2=O)c(F)cc1Br. The van der Waals surface area contributed by atoms with Gasteiger partial charge in [0.1, 0.15) is 11.5 Å². The standard InChI is InChI=1S/C14H11BrF4N2O2S/c1-3-24-10-5-9(8(16)4-7(10)15)21-12(22)6-11(14(17,18)19)20(2)13(21)23/h4-6H,3H2,1-2H3. The summed E-state index contributed by atoms with van der Waals surface area (Å²) in [5.41, 5.74) is -4.31. The van der Waals surface area contributed by atoms with E-state index in [-0.39, 0.29) is 10.6 Å². The Morgan fingerprint density at radius 3 is 2.38 bits per heavy atom. The maximum absolute atomic E-state index is 14.2. The van der Waals surface area contributed by atoms with E-state index < -0.39 is 34.6 Å². The predicted octanol–water partition coefficient (Wildman–Crippen LogP) is 3.57. The molecular formula is C14H11BrF4N2O2S. The summed E-state index contributed by atoms with van der Waals surface area (Å²) < 4.78 is 53.8. The van der Waals surface area contributed by atoms with Crippen molar-refractivity contribution in [2.24, 2.45) is 7.05 Å². The lowest BCUT2D eigenvalue weighted by Crippen LogP contribution is -2.41. The van der Waals surface area contributed by atoms with Gasteiger partial charge in [-0.05, 0) is 33.8 Å². The van der Waals surface area contributed by atoms with Crippen LogP contribution in [0, 0.1) is 5.82 Å². The number of hydrogen-bond donors (Lipinski definition) is 0. The number of alkyl halides is 3. The quantitative estimate of drug-likeness (QED) is 0.556. The van der Waals surface area contributed by atoms with Gasteiger partial charge in [0.15, 0.2) is 0 Å². The Morgan fingerprint density at radius 1 is 1.21 bits per heavy atom. The zero-order chi connectivity index (χ0) is 18.2. The number of benzene rings is 1. The number of hydrogen-bond acceptors (Lipinski definition) is 3. The van der Waals surface area contributed by atoms with Crippen LogP contribution >= 0.6 is 27.7 Å². The molecule has 0 atom stereocenters. The van der Waals surface area contributed by atoms with Crippen molar-refractivity contribution in [1.29, 1.82) is 0 Å². The molecule has 10 heteroatoms. The molecule has 0 saturated carbocycles. The van der Waals surface area contributed by atoms with Crippen LogP contribution in [0.25, 0.3) is 5.69 Å². The molecule has 24 heavy (non-hydrogen) atoms. The summed E-state index contributed by atoms with van der Waals surface area (Å²) in [5.74, 6) is -0.259. The second-order valence-electron chi connectivity index (χ2n) is 4.71. The normalized spacial score (nSPS) is 11.8. The zero-order valence-electron chi connectivity index (χ0n) is 12.4. The largest absolute Gasteiger partial charge is 0.431 e. The average molecular weight is 427 g/mol. The van der Waals surface area contributed by atoms with Crippen LogP contribution in [0.5, 0.6) is 0 Å². The fraction of sp³-hybridized carbons (Fsp3) is 0.286. The van der Waals surface area contributed by atoms with Crippen LogP contribution in [0.1, 0.15) is 12.6 Å². The molecule has 0 spiro atoms. The summed E-state index contributed by atoms with van der Waals surface area (Å²) in [6, 6.07) is 2.59. The van der Waals surface area contributed by atoms with E-state index in [1.54, 1.807) is 0 Å². The molecule has 4 nitrogen and oxygen atoms in total. The van der Waals surface area contributed by atoms with Gasteiger partial charge in [0.25, 0.3) is 5.56 Å². The molecule has 0 aliphatic heterocycles. The predicted molar refractivity (Wildman–Crippen MR) is 86.3 cm³/mol. The second kappa shape index (κ2) is 6.75. The summed E-state index contributed by atoms with van der Waals surface area (Å²) in [5, 5.41) is 0. The molecule has 0 N–H and O–H groups in total. The monoisotopic (exact) mass is 426 g/mol. The third-order valence-corrected chi connectivity index (χ3v) is 5.01. The molecule has 0 aliphatic rings. The first-order valence-corrected chi connectivity index (χ1v) is 8.38. The Bertz CT molecular complexity index is 905. The smallest absolute Gasteiger partial charge is 0.292 e. The minimum Gasteiger partial charge on any atom is -0.292 e. The van der Waals surface area contributed by atoms with Crippen LogP contribution in [0.4, 0.5) is 17.6 Å². The van der Waals surface area contributed by atoms with E-state index in [0.29, 0.717) is 19.7 Å². The fourth-order valence-corrected chi connectivity index (χ4v) is 3.44. The molecule has 0 unspecified atom stereocenters. The summed E-state index contributed by atoms with van der Waals surface area (Å²) in [6.45, 7) is 1.85. The van der Waals surface area contributed by atoms with Gasteiger partial charge in [-0.25, -0.2) is 13.8 Å². The van der Waals surface area contributed by atoms with Gasteiger partial charge in [-0.15, -0.1) is 11.8 Å². The van der Waals surface area contributed by atoms with Gasteiger partial charge in [-0.2, -0.15) is 13.2 Å². The van der Waals surface area contributed by atoms with Gasteiger partial charge in [-0.1, -0.05) is 6.92 Å². The highest BCUT2D eigenvalue weighted by Gasteiger charge is 2.35. The second-order valence-corrected chi connectivity index (χ2v) is 6.87. The van der Waals surface area contributed by atoms with Crippen LogP contribution < -0.4 is 11.2 Å². The van der Waals surface area contributed by atoms with Crippen molar-refractivity contribution >= 4 is 27.7 Å². The van der Waals surface area contributed by atoms with Crippen LogP contribution in [0.2, 0.25) is 0 Å². The fourth-order valence-electron chi connectivity index (χ4n) is 2.08. The molecular weight excluding hydrogens is 416 g/mol. The molecule has 0 bridgehead atoms. The Hall–Kier alpha value is -1.55. The van der Waals surface area contributed by atoms with E-state index in [4.69, 9.17) is 0 Å². The highest BCUT2D eigenvalue weighted by atomic mass is 79.9. The molecule has 0 saturated heterocycles. The molecule has 1 aromatic carbocycles. The van der Waals surface area contributed by atoms with Crippen molar-refractivity contribution in [3.05, 3.63) is 55.0 Å². The lowest BCUT2D eigenvalue weighted by Gasteiger charge is -2.15. The van der Waals surface area contributed by atoms with Gasteiger partial charge in [0.2, 0.25) is 0 Å². The Kier molecular flexibility index (Phi) is 5.28. The Balaban J connectivity index is 2.80. The number of halogens is 5. The molecule has 0 fully saturated rings. The summed E-state index contributed by atoms with van der Waals surface area (Å²) in [6.07, 6.45) is -4.87. The highest BCUT2D eigenvalue weighted by molar-refractivity contribution is 9.10. The third kappa shape index (κ3) is 3.44. The molecule has 0 radical (unpaired) electrons. The highest BCUT2D eigenvalue weighted by Crippen LogP contribution is 2.31. The molecule has 130 valence electrons. The first kappa shape index (κ1) is 18.8. The summed E-state index contributed by atoms with van der Waals surface area (Å²) >= 11 is 4.49. The van der Waals surface area contributed by atoms with E-state index in [0.717, 1.165) is 13.1 Å². The minimum atomic E-state index is -4.87. The average Bonchev–Trinajstić information content (AvgIpc) is 2.46. The van der Waals surface area contributed by atoms with Gasteiger partial charge < -0.3 is 0 Å². The Morgan fingerprint density at radius 2 is 1.83 bits per heavy atom. The minimum absolute atomic E-state index is 0.273. The lowest BCUT2D eigenvalue weighted by atomic mass is 10.3. The molecule has 2 rings (SSSR count). The summed E-state index contributed by atoms with van der Waals surface area (Å²) in [4.78, 5) is 24.8.